The lowest BCUT2D eigenvalue weighted by Crippen LogP contribution is -2.35. The molecule has 28 heavy (non-hydrogen) atoms. The van der Waals surface area contributed by atoms with E-state index < -0.39 is 17.6 Å². The van der Waals surface area contributed by atoms with Crippen LogP contribution in [0.3, 0.4) is 0 Å². The molecule has 0 atom stereocenters. The first-order valence-corrected chi connectivity index (χ1v) is 8.55. The van der Waals surface area contributed by atoms with Crippen LogP contribution in [0.2, 0.25) is 0 Å². The molecule has 9 heteroatoms. The number of nitrogens with one attached hydrogen (secondary N) is 1. The summed E-state index contributed by atoms with van der Waals surface area (Å²) in [6.07, 6.45) is -2.64. The molecular formula is C19H15F4N3O2. The molecule has 0 bridgehead atoms. The lowest BCUT2D eigenvalue weighted by Gasteiger charge is -2.27. The molecule has 0 unspecified atom stereocenters. The third-order valence-corrected chi connectivity index (χ3v) is 4.68. The molecule has 2 aromatic heterocycles. The smallest absolute Gasteiger partial charge is 0.416 e. The summed E-state index contributed by atoms with van der Waals surface area (Å²) >= 11 is 0. The highest BCUT2D eigenvalue weighted by Gasteiger charge is 2.31. The number of aromatic nitrogens is 2. The Morgan fingerprint density at radius 1 is 1.25 bits per heavy atom. The second kappa shape index (κ2) is 6.90. The number of hydrogen-bond acceptors (Lipinski definition) is 4. The van der Waals surface area contributed by atoms with Crippen molar-refractivity contribution in [1.29, 1.82) is 0 Å². The fraction of sp³-hybridized carbons (Fsp3) is 0.263. The van der Waals surface area contributed by atoms with Crippen LogP contribution >= 0.6 is 0 Å². The van der Waals surface area contributed by atoms with Gasteiger partial charge in [-0.2, -0.15) is 13.2 Å². The molecule has 0 spiro atoms. The van der Waals surface area contributed by atoms with Crippen LogP contribution in [0.1, 0.15) is 22.4 Å². The van der Waals surface area contributed by atoms with Gasteiger partial charge in [-0.15, -0.1) is 0 Å². The van der Waals surface area contributed by atoms with Crippen LogP contribution in [0, 0.1) is 5.82 Å². The van der Waals surface area contributed by atoms with Gasteiger partial charge in [0.2, 0.25) is 0 Å². The van der Waals surface area contributed by atoms with Crippen molar-refractivity contribution in [3.8, 4) is 11.6 Å². The van der Waals surface area contributed by atoms with Crippen LogP contribution in [-0.2, 0) is 25.7 Å². The minimum atomic E-state index is -4.59. The minimum absolute atomic E-state index is 0.1000. The van der Waals surface area contributed by atoms with E-state index in [2.05, 4.69) is 9.97 Å². The zero-order valence-corrected chi connectivity index (χ0v) is 14.5. The van der Waals surface area contributed by atoms with Crippen LogP contribution < -0.4 is 5.56 Å². The number of H-pyrrole nitrogens is 1. The number of fused-ring (bicyclic) bond motifs is 1. The Balaban J connectivity index is 1.54. The summed E-state index contributed by atoms with van der Waals surface area (Å²) < 4.78 is 57.4. The van der Waals surface area contributed by atoms with Gasteiger partial charge in [0.15, 0.2) is 11.6 Å². The summed E-state index contributed by atoms with van der Waals surface area (Å²) in [4.78, 5) is 21.4. The summed E-state index contributed by atoms with van der Waals surface area (Å²) in [6, 6.07) is 5.87. The van der Waals surface area contributed by atoms with Gasteiger partial charge in [0, 0.05) is 31.6 Å². The molecule has 0 radical (unpaired) electrons. The van der Waals surface area contributed by atoms with E-state index in [-0.39, 0.29) is 24.2 Å². The highest BCUT2D eigenvalue weighted by Crippen LogP contribution is 2.30. The second-order valence-electron chi connectivity index (χ2n) is 6.58. The lowest BCUT2D eigenvalue weighted by atomic mass is 10.0. The molecule has 5 nitrogen and oxygen atoms in total. The number of halogens is 4. The monoisotopic (exact) mass is 393 g/mol. The first-order valence-electron chi connectivity index (χ1n) is 8.55. The molecule has 1 N–H and O–H groups in total. The average molecular weight is 393 g/mol. The fourth-order valence-electron chi connectivity index (χ4n) is 3.24. The van der Waals surface area contributed by atoms with Crippen molar-refractivity contribution in [1.82, 2.24) is 14.9 Å². The van der Waals surface area contributed by atoms with Crippen LogP contribution in [0.25, 0.3) is 11.6 Å². The average Bonchev–Trinajstić information content (AvgIpc) is 3.17. The number of benzene rings is 1. The largest absolute Gasteiger partial charge is 0.461 e. The van der Waals surface area contributed by atoms with E-state index in [0.717, 1.165) is 12.1 Å². The number of hydrogen-bond donors (Lipinski definition) is 1. The molecule has 0 saturated carbocycles. The molecule has 3 aromatic rings. The number of furan rings is 1. The van der Waals surface area contributed by atoms with Gasteiger partial charge < -0.3 is 9.40 Å². The third-order valence-electron chi connectivity index (χ3n) is 4.68. The Hall–Kier alpha value is -2.94. The molecule has 0 aliphatic carbocycles. The molecule has 3 heterocycles. The maximum absolute atomic E-state index is 14.1. The zero-order valence-electron chi connectivity index (χ0n) is 14.5. The Bertz CT molecular complexity index is 1060. The van der Waals surface area contributed by atoms with Crippen LogP contribution in [0.5, 0.6) is 0 Å². The summed E-state index contributed by atoms with van der Waals surface area (Å²) in [5.74, 6) is -0.119. The number of aromatic amines is 1. The van der Waals surface area contributed by atoms with Crippen LogP contribution in [-0.4, -0.2) is 21.4 Å². The molecule has 1 aromatic carbocycles. The Morgan fingerprint density at radius 3 is 2.75 bits per heavy atom. The zero-order chi connectivity index (χ0) is 19.9. The predicted octanol–water partition coefficient (Wildman–Crippen LogP) is 3.75. The minimum Gasteiger partial charge on any atom is -0.461 e. The molecule has 0 saturated heterocycles. The standard InChI is InChI=1S/C19H15F4N3O2/c20-14-8-12(19(21,22)23)4-3-11(14)9-26-6-5-15-13(10-26)18(27)25-17(24-15)16-2-1-7-28-16/h1-4,7-8H,5-6,9-10H2,(H,24,25,27). The van der Waals surface area contributed by atoms with Crippen LogP contribution in [0.4, 0.5) is 17.6 Å². The Kier molecular flexibility index (Phi) is 4.54. The van der Waals surface area contributed by atoms with Gasteiger partial charge in [-0.1, -0.05) is 6.07 Å². The molecule has 0 fully saturated rings. The SMILES string of the molecule is O=c1[nH]c(-c2ccco2)nc2c1CN(Cc1ccc(C(F)(F)F)cc1F)CC2. The number of rotatable bonds is 3. The highest BCUT2D eigenvalue weighted by molar-refractivity contribution is 5.47. The van der Waals surface area contributed by atoms with E-state index in [1.54, 1.807) is 17.0 Å². The maximum Gasteiger partial charge on any atom is 0.416 e. The van der Waals surface area contributed by atoms with Crippen molar-refractivity contribution < 1.29 is 22.0 Å². The molecule has 1 aliphatic heterocycles. The predicted molar refractivity (Wildman–Crippen MR) is 91.8 cm³/mol. The van der Waals surface area contributed by atoms with Crippen molar-refractivity contribution in [3.05, 3.63) is 75.2 Å². The molecule has 146 valence electrons. The lowest BCUT2D eigenvalue weighted by molar-refractivity contribution is -0.137. The molecule has 0 amide bonds. The van der Waals surface area contributed by atoms with Gasteiger partial charge in [-0.3, -0.25) is 9.69 Å². The van der Waals surface area contributed by atoms with E-state index in [1.165, 1.54) is 6.26 Å². The fourth-order valence-corrected chi connectivity index (χ4v) is 3.24. The van der Waals surface area contributed by atoms with Crippen molar-refractivity contribution in [2.45, 2.75) is 25.7 Å². The topological polar surface area (TPSA) is 62.1 Å². The third kappa shape index (κ3) is 3.57. The maximum atomic E-state index is 14.1. The van der Waals surface area contributed by atoms with Gasteiger partial charge in [-0.05, 0) is 24.3 Å². The first kappa shape index (κ1) is 18.4. The normalized spacial score (nSPS) is 14.9. The van der Waals surface area contributed by atoms with Crippen molar-refractivity contribution in [3.63, 3.8) is 0 Å². The van der Waals surface area contributed by atoms with Crippen molar-refractivity contribution >= 4 is 0 Å². The van der Waals surface area contributed by atoms with Gasteiger partial charge >= 0.3 is 6.18 Å². The van der Waals surface area contributed by atoms with Crippen LogP contribution in [0.15, 0.2) is 45.8 Å². The highest BCUT2D eigenvalue weighted by atomic mass is 19.4. The molecule has 1 aliphatic rings. The molecular weight excluding hydrogens is 378 g/mol. The summed E-state index contributed by atoms with van der Waals surface area (Å²) in [5.41, 5.74) is -0.0842. The van der Waals surface area contributed by atoms with Gasteiger partial charge in [0.1, 0.15) is 5.82 Å². The summed E-state index contributed by atoms with van der Waals surface area (Å²) in [7, 11) is 0. The van der Waals surface area contributed by atoms with Gasteiger partial charge in [0.05, 0.1) is 23.1 Å². The first-order chi connectivity index (χ1) is 13.3. The van der Waals surface area contributed by atoms with E-state index in [9.17, 15) is 22.4 Å². The van der Waals surface area contributed by atoms with E-state index >= 15 is 0 Å². The van der Waals surface area contributed by atoms with E-state index in [1.807, 2.05) is 0 Å². The molecule has 4 rings (SSSR count). The quantitative estimate of drug-likeness (QED) is 0.689. The summed E-state index contributed by atoms with van der Waals surface area (Å²) in [6.45, 7) is 0.834. The van der Waals surface area contributed by atoms with Gasteiger partial charge in [-0.25, -0.2) is 9.37 Å². The van der Waals surface area contributed by atoms with E-state index in [4.69, 9.17) is 4.42 Å². The Morgan fingerprint density at radius 2 is 2.07 bits per heavy atom. The summed E-state index contributed by atoms with van der Waals surface area (Å²) in [5, 5.41) is 0. The number of alkyl halides is 3. The second-order valence-corrected chi connectivity index (χ2v) is 6.58. The number of nitrogens with zero attached hydrogens (tertiary/aromatic N) is 2. The Labute approximate surface area is 156 Å². The van der Waals surface area contributed by atoms with E-state index in [0.29, 0.717) is 41.9 Å². The van der Waals surface area contributed by atoms with Crippen molar-refractivity contribution in [2.75, 3.05) is 6.54 Å². The van der Waals surface area contributed by atoms with Crippen molar-refractivity contribution in [2.24, 2.45) is 0 Å². The van der Waals surface area contributed by atoms with Gasteiger partial charge in [0.25, 0.3) is 5.56 Å².